The monoisotopic (exact) mass is 486 g/mol. The second kappa shape index (κ2) is 8.83. The van der Waals surface area contributed by atoms with Gasteiger partial charge in [0.05, 0.1) is 23.3 Å². The number of aliphatic hydroxyl groups is 1. The molecule has 1 aliphatic carbocycles. The quantitative estimate of drug-likeness (QED) is 0.417. The SMILES string of the molecule is Nc1ncc(-c2ccc(C3(c4noc(-c5cnn(CC(=O)N6CCC(O)C6)c5)n4)CCC3)cc2)cn1. The Morgan fingerprint density at radius 1 is 1.11 bits per heavy atom. The van der Waals surface area contributed by atoms with Crippen LogP contribution in [0.2, 0.25) is 0 Å². The standard InChI is InChI=1S/C25H26N8O3/c26-24-27-10-17(11-28-24)16-2-4-19(5-3-16)25(7-1-8-25)23-30-22(36-31-23)18-12-29-33(13-18)15-21(35)32-9-6-20(34)14-32/h2-5,10-13,20,34H,1,6-9,14-15H2,(H2,26,27,28). The Morgan fingerprint density at radius 3 is 2.56 bits per heavy atom. The number of nitrogens with zero attached hydrogens (tertiary/aromatic N) is 7. The summed E-state index contributed by atoms with van der Waals surface area (Å²) in [5.41, 5.74) is 9.01. The third-order valence-electron chi connectivity index (χ3n) is 7.20. The van der Waals surface area contributed by atoms with Crippen molar-refractivity contribution in [1.82, 2.24) is 34.8 Å². The van der Waals surface area contributed by atoms with Crippen LogP contribution in [0.3, 0.4) is 0 Å². The average molecular weight is 487 g/mol. The normalized spacial score (nSPS) is 18.8. The fourth-order valence-corrected chi connectivity index (χ4v) is 4.94. The molecule has 3 N–H and O–H groups in total. The Bertz CT molecular complexity index is 1380. The summed E-state index contributed by atoms with van der Waals surface area (Å²) in [6, 6.07) is 8.29. The predicted octanol–water partition coefficient (Wildman–Crippen LogP) is 2.04. The maximum atomic E-state index is 12.5. The van der Waals surface area contributed by atoms with Crippen LogP contribution in [0.1, 0.15) is 37.1 Å². The topological polar surface area (TPSA) is 149 Å². The zero-order valence-corrected chi connectivity index (χ0v) is 19.6. The number of hydrogen-bond donors (Lipinski definition) is 2. The van der Waals surface area contributed by atoms with E-state index in [0.29, 0.717) is 36.8 Å². The highest BCUT2D eigenvalue weighted by atomic mass is 16.5. The molecule has 1 amide bonds. The Morgan fingerprint density at radius 2 is 1.89 bits per heavy atom. The number of aliphatic hydroxyl groups excluding tert-OH is 1. The molecule has 1 atom stereocenters. The van der Waals surface area contributed by atoms with Crippen molar-refractivity contribution in [3.05, 3.63) is 60.4 Å². The Kier molecular flexibility index (Phi) is 5.48. The number of carbonyl (C=O) groups is 1. The van der Waals surface area contributed by atoms with Crippen LogP contribution in [0, 0.1) is 0 Å². The third-order valence-corrected chi connectivity index (χ3v) is 7.20. The molecule has 1 aliphatic heterocycles. The molecule has 36 heavy (non-hydrogen) atoms. The fraction of sp³-hybridized carbons (Fsp3) is 0.360. The summed E-state index contributed by atoms with van der Waals surface area (Å²) in [4.78, 5) is 27.0. The molecule has 4 heterocycles. The number of β-amino-alcohol motifs (C(OH)–C–C–N with tert-alkyl or cyclic N) is 1. The van der Waals surface area contributed by atoms with Gasteiger partial charge in [-0.2, -0.15) is 10.1 Å². The van der Waals surface area contributed by atoms with Crippen LogP contribution < -0.4 is 5.73 Å². The van der Waals surface area contributed by atoms with E-state index >= 15 is 0 Å². The second-order valence-corrected chi connectivity index (χ2v) is 9.47. The Hall–Kier alpha value is -4.12. The van der Waals surface area contributed by atoms with Gasteiger partial charge in [0.25, 0.3) is 5.89 Å². The van der Waals surface area contributed by atoms with Gasteiger partial charge in [-0.3, -0.25) is 9.48 Å². The van der Waals surface area contributed by atoms with Crippen molar-refractivity contribution in [1.29, 1.82) is 0 Å². The molecule has 11 nitrogen and oxygen atoms in total. The molecular formula is C25H26N8O3. The van der Waals surface area contributed by atoms with Gasteiger partial charge in [0.15, 0.2) is 5.82 Å². The van der Waals surface area contributed by atoms with Crippen LogP contribution in [0.5, 0.6) is 0 Å². The maximum Gasteiger partial charge on any atom is 0.261 e. The molecule has 3 aromatic heterocycles. The summed E-state index contributed by atoms with van der Waals surface area (Å²) in [6.07, 6.45) is 9.91. The first-order valence-electron chi connectivity index (χ1n) is 12.0. The molecule has 6 rings (SSSR count). The van der Waals surface area contributed by atoms with Crippen LogP contribution >= 0.6 is 0 Å². The van der Waals surface area contributed by atoms with E-state index in [4.69, 9.17) is 15.2 Å². The van der Waals surface area contributed by atoms with Crippen LogP contribution in [0.25, 0.3) is 22.6 Å². The maximum absolute atomic E-state index is 12.5. The summed E-state index contributed by atoms with van der Waals surface area (Å²) in [7, 11) is 0. The van der Waals surface area contributed by atoms with E-state index in [9.17, 15) is 9.90 Å². The molecule has 1 unspecified atom stereocenters. The van der Waals surface area contributed by atoms with Gasteiger partial charge in [-0.1, -0.05) is 35.8 Å². The molecule has 1 saturated heterocycles. The number of anilines is 1. The summed E-state index contributed by atoms with van der Waals surface area (Å²) in [5, 5.41) is 18.3. The van der Waals surface area contributed by atoms with Gasteiger partial charge in [-0.25, -0.2) is 9.97 Å². The Labute approximate surface area is 207 Å². The van der Waals surface area contributed by atoms with E-state index in [0.717, 1.165) is 36.0 Å². The second-order valence-electron chi connectivity index (χ2n) is 9.47. The number of benzene rings is 1. The van der Waals surface area contributed by atoms with Gasteiger partial charge in [0.1, 0.15) is 6.54 Å². The lowest BCUT2D eigenvalue weighted by molar-refractivity contribution is -0.131. The first-order chi connectivity index (χ1) is 17.5. The lowest BCUT2D eigenvalue weighted by Gasteiger charge is -2.39. The van der Waals surface area contributed by atoms with E-state index < -0.39 is 6.10 Å². The van der Waals surface area contributed by atoms with Gasteiger partial charge < -0.3 is 20.3 Å². The highest BCUT2D eigenvalue weighted by molar-refractivity contribution is 5.76. The molecule has 0 bridgehead atoms. The van der Waals surface area contributed by atoms with Crippen molar-refractivity contribution in [2.24, 2.45) is 0 Å². The molecule has 4 aromatic rings. The van der Waals surface area contributed by atoms with E-state index in [1.165, 1.54) is 0 Å². The number of aromatic nitrogens is 6. The van der Waals surface area contributed by atoms with Crippen molar-refractivity contribution in [2.75, 3.05) is 18.8 Å². The first kappa shape index (κ1) is 22.4. The van der Waals surface area contributed by atoms with Gasteiger partial charge in [0, 0.05) is 37.2 Å². The minimum absolute atomic E-state index is 0.0742. The van der Waals surface area contributed by atoms with Crippen molar-refractivity contribution >= 4 is 11.9 Å². The number of rotatable bonds is 6. The van der Waals surface area contributed by atoms with Crippen molar-refractivity contribution in [3.63, 3.8) is 0 Å². The zero-order valence-electron chi connectivity index (χ0n) is 19.6. The molecular weight excluding hydrogens is 460 g/mol. The smallest absolute Gasteiger partial charge is 0.261 e. The van der Waals surface area contributed by atoms with E-state index in [1.54, 1.807) is 34.4 Å². The molecule has 0 spiro atoms. The van der Waals surface area contributed by atoms with Gasteiger partial charge in [0.2, 0.25) is 11.9 Å². The van der Waals surface area contributed by atoms with E-state index in [1.807, 2.05) is 12.1 Å². The molecule has 1 aromatic carbocycles. The number of nitrogen functional groups attached to an aromatic ring is 1. The number of nitrogens with two attached hydrogens (primary N) is 1. The minimum Gasteiger partial charge on any atom is -0.391 e. The summed E-state index contributed by atoms with van der Waals surface area (Å²) >= 11 is 0. The van der Waals surface area contributed by atoms with Crippen molar-refractivity contribution < 1.29 is 14.4 Å². The predicted molar refractivity (Wildman–Crippen MR) is 129 cm³/mol. The molecule has 2 aliphatic rings. The van der Waals surface area contributed by atoms with Crippen LogP contribution in [-0.4, -0.2) is 65.0 Å². The van der Waals surface area contributed by atoms with E-state index in [2.05, 4.69) is 32.4 Å². The number of amides is 1. The number of likely N-dealkylation sites (tertiary alicyclic amines) is 1. The largest absolute Gasteiger partial charge is 0.391 e. The highest BCUT2D eigenvalue weighted by Gasteiger charge is 2.44. The van der Waals surface area contributed by atoms with Crippen LogP contribution in [-0.2, 0) is 16.8 Å². The fourth-order valence-electron chi connectivity index (χ4n) is 4.94. The Balaban J connectivity index is 1.19. The number of hydrogen-bond acceptors (Lipinski definition) is 9. The molecule has 1 saturated carbocycles. The average Bonchev–Trinajstić information content (AvgIpc) is 3.61. The molecule has 0 radical (unpaired) electrons. The molecule has 184 valence electrons. The zero-order chi connectivity index (χ0) is 24.7. The summed E-state index contributed by atoms with van der Waals surface area (Å²) in [6.45, 7) is 1.04. The molecule has 2 fully saturated rings. The van der Waals surface area contributed by atoms with Crippen LogP contribution in [0.15, 0.2) is 53.6 Å². The van der Waals surface area contributed by atoms with Gasteiger partial charge >= 0.3 is 0 Å². The van der Waals surface area contributed by atoms with Gasteiger partial charge in [-0.05, 0) is 30.4 Å². The third kappa shape index (κ3) is 4.01. The van der Waals surface area contributed by atoms with Crippen molar-refractivity contribution in [2.45, 2.75) is 43.7 Å². The lowest BCUT2D eigenvalue weighted by atomic mass is 9.64. The van der Waals surface area contributed by atoms with Crippen molar-refractivity contribution in [3.8, 4) is 22.6 Å². The highest BCUT2D eigenvalue weighted by Crippen LogP contribution is 2.48. The first-order valence-corrected chi connectivity index (χ1v) is 12.0. The van der Waals surface area contributed by atoms with Gasteiger partial charge in [-0.15, -0.1) is 0 Å². The minimum atomic E-state index is -0.444. The van der Waals surface area contributed by atoms with E-state index in [-0.39, 0.29) is 23.8 Å². The van der Waals surface area contributed by atoms with Crippen LogP contribution in [0.4, 0.5) is 5.95 Å². The lowest BCUT2D eigenvalue weighted by Crippen LogP contribution is -2.36. The summed E-state index contributed by atoms with van der Waals surface area (Å²) < 4.78 is 7.18. The molecule has 11 heteroatoms. The summed E-state index contributed by atoms with van der Waals surface area (Å²) in [5.74, 6) is 1.21. The number of carbonyl (C=O) groups excluding carboxylic acids is 1.